The molecule has 216 valence electrons. The first-order valence-electron chi connectivity index (χ1n) is 11.1. The predicted molar refractivity (Wildman–Crippen MR) is 141 cm³/mol. The summed E-state index contributed by atoms with van der Waals surface area (Å²) in [5.41, 5.74) is -4.24. The number of thioether (sulfide) groups is 1. The van der Waals surface area contributed by atoms with E-state index in [1.165, 1.54) is 12.6 Å². The maximum Gasteiger partial charge on any atom is 0.446 e. The molecule has 2 aromatic heterocycles. The average Bonchev–Trinajstić information content (AvgIpc) is 3.47. The van der Waals surface area contributed by atoms with Gasteiger partial charge < -0.3 is 15.3 Å². The minimum Gasteiger partial charge on any atom is -0.481 e. The summed E-state index contributed by atoms with van der Waals surface area (Å²) in [6, 6.07) is 0.843. The van der Waals surface area contributed by atoms with Gasteiger partial charge in [-0.25, -0.2) is 23.5 Å². The van der Waals surface area contributed by atoms with Crippen molar-refractivity contribution in [2.24, 2.45) is 5.41 Å². The van der Waals surface area contributed by atoms with Crippen LogP contribution in [0.15, 0.2) is 28.6 Å². The van der Waals surface area contributed by atoms with Crippen molar-refractivity contribution in [1.82, 2.24) is 15.3 Å². The highest BCUT2D eigenvalue weighted by atomic mass is 35.5. The summed E-state index contributed by atoms with van der Waals surface area (Å²) in [7, 11) is 1.20. The van der Waals surface area contributed by atoms with Crippen molar-refractivity contribution < 1.29 is 41.4 Å². The number of nitrogens with zero attached hydrogens (tertiary/aromatic N) is 4. The van der Waals surface area contributed by atoms with E-state index in [4.69, 9.17) is 16.7 Å². The Kier molecular flexibility index (Phi) is 9.16. The van der Waals surface area contributed by atoms with E-state index in [0.29, 0.717) is 0 Å². The van der Waals surface area contributed by atoms with Crippen LogP contribution in [0, 0.1) is 17.0 Å². The van der Waals surface area contributed by atoms with Crippen molar-refractivity contribution in [2.75, 3.05) is 23.4 Å². The van der Waals surface area contributed by atoms with Crippen LogP contribution in [0.3, 0.4) is 0 Å². The van der Waals surface area contributed by atoms with Gasteiger partial charge in [0.2, 0.25) is 0 Å². The quantitative estimate of drug-likeness (QED) is 0.210. The number of anilines is 2. The maximum absolute atomic E-state index is 14.4. The van der Waals surface area contributed by atoms with Crippen LogP contribution < -0.4 is 15.1 Å². The van der Waals surface area contributed by atoms with E-state index >= 15 is 0 Å². The molecular weight excluding hydrogens is 605 g/mol. The molecule has 0 radical (unpaired) electrons. The molecule has 0 aliphatic carbocycles. The highest BCUT2D eigenvalue weighted by Gasteiger charge is 2.41. The molecule has 1 saturated heterocycles. The monoisotopic (exact) mass is 625 g/mol. The van der Waals surface area contributed by atoms with Crippen LogP contribution in [0.4, 0.5) is 38.3 Å². The summed E-state index contributed by atoms with van der Waals surface area (Å²) in [5, 5.41) is 9.87. The number of carbonyl (C=O) groups is 3. The maximum atomic E-state index is 14.4. The highest BCUT2D eigenvalue weighted by molar-refractivity contribution is 8.00. The lowest BCUT2D eigenvalue weighted by Crippen LogP contribution is -2.47. The second kappa shape index (κ2) is 11.7. The summed E-state index contributed by atoms with van der Waals surface area (Å²) >= 11 is 6.12. The lowest BCUT2D eigenvalue weighted by atomic mass is 9.98. The summed E-state index contributed by atoms with van der Waals surface area (Å²) in [4.78, 5) is 45.3. The normalized spacial score (nSPS) is 15.5. The molecule has 1 aliphatic heterocycles. The molecule has 2 N–H and O–H groups in total. The number of thiazole rings is 1. The van der Waals surface area contributed by atoms with Crippen LogP contribution in [0.2, 0.25) is 5.02 Å². The van der Waals surface area contributed by atoms with Gasteiger partial charge in [-0.1, -0.05) is 11.6 Å². The van der Waals surface area contributed by atoms with Crippen LogP contribution in [0.5, 0.6) is 0 Å². The van der Waals surface area contributed by atoms with E-state index in [-0.39, 0.29) is 33.3 Å². The molecule has 1 aliphatic rings. The predicted octanol–water partition coefficient (Wildman–Crippen LogP) is 5.91. The van der Waals surface area contributed by atoms with E-state index in [9.17, 15) is 36.3 Å². The molecule has 1 aromatic carbocycles. The van der Waals surface area contributed by atoms with Crippen molar-refractivity contribution >= 4 is 74.5 Å². The number of carboxylic acid groups (broad SMARTS) is 1. The minimum atomic E-state index is -4.63. The molecule has 1 fully saturated rings. The minimum absolute atomic E-state index is 0.00806. The number of alkyl halides is 3. The molecule has 0 saturated carbocycles. The zero-order valence-corrected chi connectivity index (χ0v) is 23.5. The van der Waals surface area contributed by atoms with Gasteiger partial charge in [-0.3, -0.25) is 14.5 Å². The van der Waals surface area contributed by atoms with Crippen LogP contribution in [0.25, 0.3) is 10.3 Å². The van der Waals surface area contributed by atoms with Crippen LogP contribution in [0.1, 0.15) is 20.8 Å². The first-order valence-corrected chi connectivity index (χ1v) is 13.2. The van der Waals surface area contributed by atoms with Gasteiger partial charge in [0.15, 0.2) is 5.82 Å². The standard InChI is InChI=1S/C18H11ClF5N5O2S2.C5H10O2/c1-28(8-3-2-7(20)12(19)13(8)21)16(30)9-5-25-17(31)29(9)11-4-10(33-18(22,23)24)14-15(27-11)32-6-26-14;1-5(2,3)4(6)7/h2-4,6,9H,5H2,1H3,(H,25,31);1-3H3,(H,6,7)/t9-;/m0./s1. The van der Waals surface area contributed by atoms with Crippen molar-refractivity contribution in [2.45, 2.75) is 37.2 Å². The summed E-state index contributed by atoms with van der Waals surface area (Å²) < 4.78 is 67.1. The molecule has 3 aromatic rings. The number of amides is 3. The molecular formula is C23H21ClF5N5O4S2. The Bertz CT molecular complexity index is 1460. The average molecular weight is 626 g/mol. The Hall–Kier alpha value is -3.24. The van der Waals surface area contributed by atoms with Crippen LogP contribution in [-0.2, 0) is 9.59 Å². The topological polar surface area (TPSA) is 116 Å². The van der Waals surface area contributed by atoms with Gasteiger partial charge in [0, 0.05) is 18.5 Å². The fraction of sp³-hybridized carbons (Fsp3) is 0.348. The van der Waals surface area contributed by atoms with Gasteiger partial charge in [-0.05, 0) is 50.7 Å². The molecule has 17 heteroatoms. The zero-order valence-electron chi connectivity index (χ0n) is 21.1. The van der Waals surface area contributed by atoms with Gasteiger partial charge in [0.05, 0.1) is 16.6 Å². The van der Waals surface area contributed by atoms with E-state index < -0.39 is 63.3 Å². The number of urea groups is 1. The fourth-order valence-corrected chi connectivity index (χ4v) is 4.78. The van der Waals surface area contributed by atoms with Crippen molar-refractivity contribution in [1.29, 1.82) is 0 Å². The molecule has 9 nitrogen and oxygen atoms in total. The highest BCUT2D eigenvalue weighted by Crippen LogP contribution is 2.42. The third-order valence-electron chi connectivity index (χ3n) is 5.34. The number of benzene rings is 1. The number of hydrogen-bond acceptors (Lipinski definition) is 7. The number of hydrogen-bond donors (Lipinski definition) is 2. The van der Waals surface area contributed by atoms with E-state index in [1.54, 1.807) is 20.8 Å². The summed E-state index contributed by atoms with van der Waals surface area (Å²) in [5.74, 6) is -3.96. The number of aromatic nitrogens is 2. The number of carbonyl (C=O) groups excluding carboxylic acids is 2. The van der Waals surface area contributed by atoms with Gasteiger partial charge >= 0.3 is 17.5 Å². The van der Waals surface area contributed by atoms with Gasteiger partial charge in [0.25, 0.3) is 5.91 Å². The Morgan fingerprint density at radius 2 is 1.88 bits per heavy atom. The first-order chi connectivity index (χ1) is 18.4. The molecule has 0 spiro atoms. The van der Waals surface area contributed by atoms with Crippen molar-refractivity contribution in [3.05, 3.63) is 40.4 Å². The fourth-order valence-electron chi connectivity index (χ4n) is 3.22. The molecule has 3 heterocycles. The Morgan fingerprint density at radius 3 is 2.45 bits per heavy atom. The SMILES string of the molecule is CC(C)(C)C(=O)O.CN(C(=O)[C@@H]1CNC(=O)N1c1cc(SC(F)(F)F)c2ncsc2n1)c1ccc(F)c(Cl)c1F. The summed E-state index contributed by atoms with van der Waals surface area (Å²) in [6.07, 6.45) is 0. The van der Waals surface area contributed by atoms with Crippen LogP contribution >= 0.6 is 34.7 Å². The van der Waals surface area contributed by atoms with Gasteiger partial charge in [-0.2, -0.15) is 13.2 Å². The van der Waals surface area contributed by atoms with Gasteiger partial charge in [0.1, 0.15) is 33.0 Å². The van der Waals surface area contributed by atoms with E-state index in [0.717, 1.165) is 39.3 Å². The number of aliphatic carboxylic acids is 1. The number of rotatable bonds is 4. The number of carboxylic acids is 1. The van der Waals surface area contributed by atoms with E-state index in [1.807, 2.05) is 0 Å². The lowest BCUT2D eigenvalue weighted by Gasteiger charge is -2.27. The number of halogens is 6. The largest absolute Gasteiger partial charge is 0.481 e. The molecule has 0 bridgehead atoms. The van der Waals surface area contributed by atoms with Crippen molar-refractivity contribution in [3.63, 3.8) is 0 Å². The number of pyridine rings is 1. The molecule has 0 unspecified atom stereocenters. The molecule has 1 atom stereocenters. The number of fused-ring (bicyclic) bond motifs is 1. The second-order valence-corrected chi connectivity index (χ2v) is 11.6. The number of nitrogens with one attached hydrogen (secondary N) is 1. The molecule has 4 rings (SSSR count). The van der Waals surface area contributed by atoms with Crippen LogP contribution in [-0.4, -0.2) is 58.1 Å². The molecule has 3 amide bonds. The zero-order chi connectivity index (χ0) is 30.2. The lowest BCUT2D eigenvalue weighted by molar-refractivity contribution is -0.145. The Balaban J connectivity index is 0.000000559. The smallest absolute Gasteiger partial charge is 0.446 e. The first kappa shape index (κ1) is 31.3. The van der Waals surface area contributed by atoms with E-state index in [2.05, 4.69) is 15.3 Å². The van der Waals surface area contributed by atoms with Crippen molar-refractivity contribution in [3.8, 4) is 0 Å². The third kappa shape index (κ3) is 6.90. The molecule has 40 heavy (non-hydrogen) atoms. The third-order valence-corrected chi connectivity index (χ3v) is 7.17. The number of likely N-dealkylation sites (N-methyl/N-ethyl adjacent to an activating group) is 1. The Morgan fingerprint density at radius 1 is 1.25 bits per heavy atom. The summed E-state index contributed by atoms with van der Waals surface area (Å²) in [6.45, 7) is 4.77. The Labute approximate surface area is 237 Å². The second-order valence-electron chi connectivity index (χ2n) is 9.25. The van der Waals surface area contributed by atoms with Gasteiger partial charge in [-0.15, -0.1) is 11.3 Å².